The van der Waals surface area contributed by atoms with Gasteiger partial charge in [-0.15, -0.1) is 0 Å². The first-order chi connectivity index (χ1) is 16.9. The average Bonchev–Trinajstić information content (AvgIpc) is 2.87. The van der Waals surface area contributed by atoms with Gasteiger partial charge in [0.1, 0.15) is 5.82 Å². The molecule has 0 spiro atoms. The molecule has 1 aliphatic heterocycles. The molecule has 0 bridgehead atoms. The molecule has 1 saturated heterocycles. The number of piperazine rings is 1. The van der Waals surface area contributed by atoms with Crippen molar-refractivity contribution in [3.05, 3.63) is 105 Å². The summed E-state index contributed by atoms with van der Waals surface area (Å²) in [4.78, 5) is 31.9. The SMILES string of the molecule is O=C(c1ccc(Cl)cc1)N1CCN(CCN(Cc2ccc(F)cc2)C(=O)c2cccc(Cl)c2)CC1. The number of amides is 2. The summed E-state index contributed by atoms with van der Waals surface area (Å²) in [7, 11) is 0. The van der Waals surface area contributed by atoms with E-state index in [9.17, 15) is 14.0 Å². The lowest BCUT2D eigenvalue weighted by Crippen LogP contribution is -2.50. The van der Waals surface area contributed by atoms with E-state index in [1.165, 1.54) is 12.1 Å². The Balaban J connectivity index is 1.37. The monoisotopic (exact) mass is 513 g/mol. The Labute approximate surface area is 214 Å². The van der Waals surface area contributed by atoms with Crippen LogP contribution < -0.4 is 0 Å². The molecule has 3 aromatic carbocycles. The summed E-state index contributed by atoms with van der Waals surface area (Å²) in [6.45, 7) is 4.18. The summed E-state index contributed by atoms with van der Waals surface area (Å²) in [6, 6.07) is 20.0. The summed E-state index contributed by atoms with van der Waals surface area (Å²) in [5, 5.41) is 1.10. The fraction of sp³-hybridized carbons (Fsp3) is 0.259. The number of nitrogens with zero attached hydrogens (tertiary/aromatic N) is 3. The number of rotatable bonds is 7. The van der Waals surface area contributed by atoms with Crippen LogP contribution >= 0.6 is 23.2 Å². The van der Waals surface area contributed by atoms with E-state index in [-0.39, 0.29) is 17.6 Å². The zero-order valence-electron chi connectivity index (χ0n) is 19.2. The van der Waals surface area contributed by atoms with E-state index < -0.39 is 0 Å². The second-order valence-corrected chi connectivity index (χ2v) is 9.38. The lowest BCUT2D eigenvalue weighted by atomic mass is 10.1. The van der Waals surface area contributed by atoms with E-state index in [1.54, 1.807) is 65.6 Å². The number of halogens is 3. The van der Waals surface area contributed by atoms with Crippen molar-refractivity contribution in [2.75, 3.05) is 39.3 Å². The van der Waals surface area contributed by atoms with Crippen LogP contribution in [-0.4, -0.2) is 65.8 Å². The fourth-order valence-corrected chi connectivity index (χ4v) is 4.39. The molecule has 4 rings (SSSR count). The highest BCUT2D eigenvalue weighted by atomic mass is 35.5. The molecule has 2 amide bonds. The molecule has 1 fully saturated rings. The highest BCUT2D eigenvalue weighted by Crippen LogP contribution is 2.17. The minimum atomic E-state index is -0.313. The van der Waals surface area contributed by atoms with Gasteiger partial charge in [-0.25, -0.2) is 4.39 Å². The zero-order valence-corrected chi connectivity index (χ0v) is 20.7. The maximum atomic E-state index is 13.4. The maximum Gasteiger partial charge on any atom is 0.254 e. The summed E-state index contributed by atoms with van der Waals surface area (Å²) in [6.07, 6.45) is 0. The molecule has 1 aliphatic rings. The molecule has 5 nitrogen and oxygen atoms in total. The van der Waals surface area contributed by atoms with Crippen LogP contribution in [-0.2, 0) is 6.54 Å². The Bertz CT molecular complexity index is 1160. The van der Waals surface area contributed by atoms with Gasteiger partial charge in [0.15, 0.2) is 0 Å². The predicted molar refractivity (Wildman–Crippen MR) is 136 cm³/mol. The molecule has 0 unspecified atom stereocenters. The third-order valence-corrected chi connectivity index (χ3v) is 6.57. The van der Waals surface area contributed by atoms with Gasteiger partial charge in [0, 0.05) is 67.0 Å². The Morgan fingerprint density at radius 1 is 0.829 bits per heavy atom. The molecule has 0 N–H and O–H groups in total. The summed E-state index contributed by atoms with van der Waals surface area (Å²) in [5.41, 5.74) is 1.98. The number of hydrogen-bond acceptors (Lipinski definition) is 3. The van der Waals surface area contributed by atoms with Gasteiger partial charge in [0.25, 0.3) is 11.8 Å². The van der Waals surface area contributed by atoms with Crippen LogP contribution in [0.1, 0.15) is 26.3 Å². The van der Waals surface area contributed by atoms with Crippen molar-refractivity contribution in [1.82, 2.24) is 14.7 Å². The van der Waals surface area contributed by atoms with Crippen LogP contribution in [0.3, 0.4) is 0 Å². The molecule has 8 heteroatoms. The van der Waals surface area contributed by atoms with Gasteiger partial charge in [0.2, 0.25) is 0 Å². The van der Waals surface area contributed by atoms with E-state index in [0.29, 0.717) is 53.9 Å². The van der Waals surface area contributed by atoms with Crippen LogP contribution in [0, 0.1) is 5.82 Å². The van der Waals surface area contributed by atoms with Crippen LogP contribution in [0.2, 0.25) is 10.0 Å². The third-order valence-electron chi connectivity index (χ3n) is 6.08. The first kappa shape index (κ1) is 25.2. The third kappa shape index (κ3) is 6.82. The standard InChI is InChI=1S/C27H26Cl2FN3O2/c28-23-8-6-21(7-9-23)26(34)32-15-12-31(13-16-32)14-17-33(19-20-4-10-25(30)11-5-20)27(35)22-2-1-3-24(29)18-22/h1-11,18H,12-17,19H2. The van der Waals surface area contributed by atoms with Gasteiger partial charge in [-0.2, -0.15) is 0 Å². The van der Waals surface area contributed by atoms with Crippen molar-refractivity contribution < 1.29 is 14.0 Å². The minimum absolute atomic E-state index is 0.00427. The van der Waals surface area contributed by atoms with Crippen molar-refractivity contribution >= 4 is 35.0 Å². The molecule has 0 saturated carbocycles. The maximum absolute atomic E-state index is 13.4. The van der Waals surface area contributed by atoms with E-state index in [0.717, 1.165) is 18.7 Å². The predicted octanol–water partition coefficient (Wildman–Crippen LogP) is 5.23. The van der Waals surface area contributed by atoms with E-state index in [2.05, 4.69) is 4.90 Å². The molecule has 0 atom stereocenters. The first-order valence-electron chi connectivity index (χ1n) is 11.5. The minimum Gasteiger partial charge on any atom is -0.336 e. The molecule has 182 valence electrons. The fourth-order valence-electron chi connectivity index (χ4n) is 4.08. The number of hydrogen-bond donors (Lipinski definition) is 0. The average molecular weight is 514 g/mol. The topological polar surface area (TPSA) is 43.9 Å². The van der Waals surface area contributed by atoms with Gasteiger partial charge in [-0.05, 0) is 60.2 Å². The molecule has 1 heterocycles. The van der Waals surface area contributed by atoms with Crippen molar-refractivity contribution in [3.8, 4) is 0 Å². The van der Waals surface area contributed by atoms with Crippen molar-refractivity contribution in [3.63, 3.8) is 0 Å². The lowest BCUT2D eigenvalue weighted by molar-refractivity contribution is 0.0598. The molecule has 0 aromatic heterocycles. The summed E-state index contributed by atoms with van der Waals surface area (Å²) >= 11 is 12.0. The normalized spacial score (nSPS) is 14.1. The van der Waals surface area contributed by atoms with Gasteiger partial charge < -0.3 is 9.80 Å². The highest BCUT2D eigenvalue weighted by Gasteiger charge is 2.24. The quantitative estimate of drug-likeness (QED) is 0.434. The summed E-state index contributed by atoms with van der Waals surface area (Å²) < 4.78 is 13.4. The van der Waals surface area contributed by atoms with E-state index >= 15 is 0 Å². The van der Waals surface area contributed by atoms with E-state index in [1.807, 2.05) is 4.90 Å². The largest absolute Gasteiger partial charge is 0.336 e. The molecular formula is C27H26Cl2FN3O2. The van der Waals surface area contributed by atoms with Crippen LogP contribution in [0.25, 0.3) is 0 Å². The Morgan fingerprint density at radius 3 is 2.17 bits per heavy atom. The smallest absolute Gasteiger partial charge is 0.254 e. The summed E-state index contributed by atoms with van der Waals surface area (Å²) in [5.74, 6) is -0.448. The molecule has 3 aromatic rings. The number of carbonyl (C=O) groups is 2. The van der Waals surface area contributed by atoms with Gasteiger partial charge >= 0.3 is 0 Å². The molecule has 35 heavy (non-hydrogen) atoms. The number of carbonyl (C=O) groups excluding carboxylic acids is 2. The van der Waals surface area contributed by atoms with Crippen molar-refractivity contribution in [2.24, 2.45) is 0 Å². The Hall–Kier alpha value is -2.93. The Kier molecular flexibility index (Phi) is 8.39. The van der Waals surface area contributed by atoms with Crippen LogP contribution in [0.15, 0.2) is 72.8 Å². The molecular weight excluding hydrogens is 488 g/mol. The second-order valence-electron chi connectivity index (χ2n) is 8.50. The molecule has 0 aliphatic carbocycles. The van der Waals surface area contributed by atoms with E-state index in [4.69, 9.17) is 23.2 Å². The van der Waals surface area contributed by atoms with Gasteiger partial charge in [-0.1, -0.05) is 41.4 Å². The highest BCUT2D eigenvalue weighted by molar-refractivity contribution is 6.31. The number of benzene rings is 3. The molecule has 0 radical (unpaired) electrons. The lowest BCUT2D eigenvalue weighted by Gasteiger charge is -2.36. The second kappa shape index (κ2) is 11.7. The van der Waals surface area contributed by atoms with Crippen molar-refractivity contribution in [2.45, 2.75) is 6.54 Å². The van der Waals surface area contributed by atoms with Crippen LogP contribution in [0.4, 0.5) is 4.39 Å². The van der Waals surface area contributed by atoms with Crippen molar-refractivity contribution in [1.29, 1.82) is 0 Å². The zero-order chi connectivity index (χ0) is 24.8. The van der Waals surface area contributed by atoms with Gasteiger partial charge in [-0.3, -0.25) is 14.5 Å². The van der Waals surface area contributed by atoms with Crippen LogP contribution in [0.5, 0.6) is 0 Å². The Morgan fingerprint density at radius 2 is 1.51 bits per heavy atom. The van der Waals surface area contributed by atoms with Gasteiger partial charge in [0.05, 0.1) is 0 Å². The first-order valence-corrected chi connectivity index (χ1v) is 12.2.